The SMILES string of the molecule is CCOc1cc2c(cc1CN=C(NCCN1CCOCC1)NCC(=O)N(C)C)OC(C)C2. The van der Waals surface area contributed by atoms with Gasteiger partial charge in [-0.2, -0.15) is 0 Å². The van der Waals surface area contributed by atoms with Gasteiger partial charge >= 0.3 is 0 Å². The first-order valence-electron chi connectivity index (χ1n) is 11.4. The lowest BCUT2D eigenvalue weighted by molar-refractivity contribution is -0.127. The highest BCUT2D eigenvalue weighted by Gasteiger charge is 2.22. The normalized spacial score (nSPS) is 18.6. The zero-order chi connectivity index (χ0) is 22.9. The minimum Gasteiger partial charge on any atom is -0.494 e. The Hall–Kier alpha value is -2.52. The standard InChI is InChI=1S/C23H37N5O4/c1-5-31-20-13-18-12-17(2)32-21(18)14-19(20)15-25-23(26-16-22(29)27(3)4)24-6-7-28-8-10-30-11-9-28/h13-14,17H,5-12,15-16H2,1-4H3,(H2,24,25,26). The molecule has 1 saturated heterocycles. The topological polar surface area (TPSA) is 87.7 Å². The lowest BCUT2D eigenvalue weighted by Gasteiger charge is -2.26. The van der Waals surface area contributed by atoms with Gasteiger partial charge in [0.25, 0.3) is 0 Å². The van der Waals surface area contributed by atoms with Crippen LogP contribution < -0.4 is 20.1 Å². The molecule has 1 unspecified atom stereocenters. The van der Waals surface area contributed by atoms with Crippen molar-refractivity contribution in [2.75, 3.05) is 66.6 Å². The summed E-state index contributed by atoms with van der Waals surface area (Å²) in [4.78, 5) is 20.7. The lowest BCUT2D eigenvalue weighted by atomic mass is 10.1. The van der Waals surface area contributed by atoms with Crippen LogP contribution in [0.3, 0.4) is 0 Å². The van der Waals surface area contributed by atoms with Crippen LogP contribution >= 0.6 is 0 Å². The molecule has 0 radical (unpaired) electrons. The molecule has 0 saturated carbocycles. The molecule has 0 aromatic heterocycles. The number of carbonyl (C=O) groups is 1. The molecule has 2 aliphatic heterocycles. The molecule has 1 fully saturated rings. The number of ether oxygens (including phenoxy) is 3. The van der Waals surface area contributed by atoms with Crippen molar-refractivity contribution in [3.05, 3.63) is 23.3 Å². The summed E-state index contributed by atoms with van der Waals surface area (Å²) in [6.07, 6.45) is 1.07. The summed E-state index contributed by atoms with van der Waals surface area (Å²) in [6.45, 7) is 10.3. The van der Waals surface area contributed by atoms with Crippen LogP contribution in [0.25, 0.3) is 0 Å². The van der Waals surface area contributed by atoms with Crippen LogP contribution in [0.4, 0.5) is 0 Å². The highest BCUT2D eigenvalue weighted by atomic mass is 16.5. The van der Waals surface area contributed by atoms with Gasteiger partial charge in [0.1, 0.15) is 17.6 Å². The first kappa shape index (κ1) is 24.1. The van der Waals surface area contributed by atoms with Crippen LogP contribution in [0.2, 0.25) is 0 Å². The van der Waals surface area contributed by atoms with Gasteiger partial charge in [0.2, 0.25) is 5.91 Å². The highest BCUT2D eigenvalue weighted by molar-refractivity contribution is 5.86. The molecule has 0 aliphatic carbocycles. The number of likely N-dealkylation sites (N-methyl/N-ethyl adjacent to an activating group) is 1. The van der Waals surface area contributed by atoms with Gasteiger partial charge in [-0.3, -0.25) is 9.69 Å². The van der Waals surface area contributed by atoms with Gasteiger partial charge in [0.15, 0.2) is 5.96 Å². The number of rotatable bonds is 9. The maximum absolute atomic E-state index is 12.1. The minimum absolute atomic E-state index is 0.0115. The van der Waals surface area contributed by atoms with Crippen molar-refractivity contribution in [1.29, 1.82) is 0 Å². The smallest absolute Gasteiger partial charge is 0.241 e. The van der Waals surface area contributed by atoms with E-state index in [9.17, 15) is 4.79 Å². The molecule has 1 amide bonds. The maximum Gasteiger partial charge on any atom is 0.241 e. The van der Waals surface area contributed by atoms with E-state index in [0.717, 1.165) is 62.9 Å². The zero-order valence-corrected chi connectivity index (χ0v) is 19.8. The number of fused-ring (bicyclic) bond motifs is 1. The molecule has 2 aliphatic rings. The average Bonchev–Trinajstić information content (AvgIpc) is 3.14. The summed E-state index contributed by atoms with van der Waals surface area (Å²) in [5.41, 5.74) is 2.14. The van der Waals surface area contributed by atoms with Crippen molar-refractivity contribution >= 4 is 11.9 Å². The monoisotopic (exact) mass is 447 g/mol. The van der Waals surface area contributed by atoms with Crippen LogP contribution in [0, 0.1) is 0 Å². The summed E-state index contributed by atoms with van der Waals surface area (Å²) < 4.78 is 17.2. The van der Waals surface area contributed by atoms with Crippen LogP contribution in [0.15, 0.2) is 17.1 Å². The number of amides is 1. The Morgan fingerprint density at radius 3 is 2.78 bits per heavy atom. The minimum atomic E-state index is -0.0115. The number of morpholine rings is 1. The number of carbonyl (C=O) groups excluding carboxylic acids is 1. The van der Waals surface area contributed by atoms with E-state index in [1.165, 1.54) is 5.56 Å². The van der Waals surface area contributed by atoms with Crippen molar-refractivity contribution in [1.82, 2.24) is 20.4 Å². The molecule has 1 atom stereocenters. The number of nitrogens with one attached hydrogen (secondary N) is 2. The van der Waals surface area contributed by atoms with E-state index in [1.807, 2.05) is 13.0 Å². The van der Waals surface area contributed by atoms with Crippen molar-refractivity contribution in [2.24, 2.45) is 4.99 Å². The Labute approximate surface area is 191 Å². The molecule has 1 aromatic carbocycles. The molecule has 9 heteroatoms. The Bertz CT molecular complexity index is 793. The third kappa shape index (κ3) is 7.00. The van der Waals surface area contributed by atoms with E-state index in [2.05, 4.69) is 28.5 Å². The number of benzene rings is 1. The summed E-state index contributed by atoms with van der Waals surface area (Å²) in [7, 11) is 3.49. The van der Waals surface area contributed by atoms with Crippen molar-refractivity contribution in [2.45, 2.75) is 32.9 Å². The zero-order valence-electron chi connectivity index (χ0n) is 19.8. The molecule has 178 valence electrons. The quantitative estimate of drug-likeness (QED) is 0.429. The van der Waals surface area contributed by atoms with Crippen LogP contribution in [-0.4, -0.2) is 94.4 Å². The Kier molecular flexibility index (Phi) is 8.99. The summed E-state index contributed by atoms with van der Waals surface area (Å²) in [5, 5.41) is 6.51. The van der Waals surface area contributed by atoms with Gasteiger partial charge in [-0.05, 0) is 26.0 Å². The second-order valence-electron chi connectivity index (χ2n) is 8.32. The molecular formula is C23H37N5O4. The lowest BCUT2D eigenvalue weighted by Crippen LogP contribution is -2.46. The fraction of sp³-hybridized carbons (Fsp3) is 0.652. The molecule has 0 spiro atoms. The highest BCUT2D eigenvalue weighted by Crippen LogP contribution is 2.35. The molecule has 2 N–H and O–H groups in total. The van der Waals surface area contributed by atoms with E-state index >= 15 is 0 Å². The molecule has 9 nitrogen and oxygen atoms in total. The van der Waals surface area contributed by atoms with Gasteiger partial charge in [-0.25, -0.2) is 4.99 Å². The fourth-order valence-electron chi connectivity index (χ4n) is 3.71. The van der Waals surface area contributed by atoms with Gasteiger partial charge < -0.3 is 29.7 Å². The Morgan fingerprint density at radius 1 is 1.28 bits per heavy atom. The van der Waals surface area contributed by atoms with Crippen molar-refractivity contribution < 1.29 is 19.0 Å². The molecule has 1 aromatic rings. The van der Waals surface area contributed by atoms with Crippen molar-refractivity contribution in [3.63, 3.8) is 0 Å². The number of hydrogen-bond donors (Lipinski definition) is 2. The van der Waals surface area contributed by atoms with E-state index in [-0.39, 0.29) is 18.6 Å². The molecule has 32 heavy (non-hydrogen) atoms. The van der Waals surface area contributed by atoms with Gasteiger partial charge in [-0.1, -0.05) is 0 Å². The number of nitrogens with zero attached hydrogens (tertiary/aromatic N) is 3. The van der Waals surface area contributed by atoms with E-state index < -0.39 is 0 Å². The average molecular weight is 448 g/mol. The summed E-state index contributed by atoms with van der Waals surface area (Å²) in [5.74, 6) is 2.33. The van der Waals surface area contributed by atoms with Gasteiger partial charge in [0, 0.05) is 57.8 Å². The van der Waals surface area contributed by atoms with E-state index in [0.29, 0.717) is 19.1 Å². The second kappa shape index (κ2) is 11.9. The largest absolute Gasteiger partial charge is 0.494 e. The van der Waals surface area contributed by atoms with Gasteiger partial charge in [-0.15, -0.1) is 0 Å². The molecular weight excluding hydrogens is 410 g/mol. The summed E-state index contributed by atoms with van der Waals surface area (Å²) >= 11 is 0. The number of aliphatic imine (C=N–C) groups is 1. The Morgan fingerprint density at radius 2 is 2.06 bits per heavy atom. The second-order valence-corrected chi connectivity index (χ2v) is 8.32. The molecule has 2 heterocycles. The summed E-state index contributed by atoms with van der Waals surface area (Å²) in [6, 6.07) is 4.10. The van der Waals surface area contributed by atoms with Gasteiger partial charge in [0.05, 0.1) is 32.9 Å². The van der Waals surface area contributed by atoms with Crippen LogP contribution in [0.1, 0.15) is 25.0 Å². The molecule has 0 bridgehead atoms. The predicted octanol–water partition coefficient (Wildman–Crippen LogP) is 0.864. The van der Waals surface area contributed by atoms with Crippen LogP contribution in [0.5, 0.6) is 11.5 Å². The van der Waals surface area contributed by atoms with E-state index in [4.69, 9.17) is 19.2 Å². The first-order chi connectivity index (χ1) is 15.5. The maximum atomic E-state index is 12.1. The Balaban J connectivity index is 1.67. The molecule has 3 rings (SSSR count). The number of hydrogen-bond acceptors (Lipinski definition) is 6. The fourth-order valence-corrected chi connectivity index (χ4v) is 3.71. The third-order valence-electron chi connectivity index (χ3n) is 5.52. The first-order valence-corrected chi connectivity index (χ1v) is 11.4. The third-order valence-corrected chi connectivity index (χ3v) is 5.52. The number of guanidine groups is 1. The predicted molar refractivity (Wildman–Crippen MR) is 125 cm³/mol. The van der Waals surface area contributed by atoms with Crippen LogP contribution in [-0.2, 0) is 22.5 Å². The van der Waals surface area contributed by atoms with Crippen molar-refractivity contribution in [3.8, 4) is 11.5 Å². The van der Waals surface area contributed by atoms with E-state index in [1.54, 1.807) is 19.0 Å².